The van der Waals surface area contributed by atoms with Crippen molar-refractivity contribution in [2.75, 3.05) is 50.2 Å². The van der Waals surface area contributed by atoms with Crippen molar-refractivity contribution in [1.29, 1.82) is 0 Å². The van der Waals surface area contributed by atoms with E-state index in [9.17, 15) is 0 Å². The molecular weight excluding hydrogens is 368 g/mol. The first kappa shape index (κ1) is 20.8. The molecule has 4 rings (SSSR count). The van der Waals surface area contributed by atoms with E-state index < -0.39 is 0 Å². The lowest BCUT2D eigenvalue weighted by Gasteiger charge is -2.36. The summed E-state index contributed by atoms with van der Waals surface area (Å²) in [4.78, 5) is 11.9. The highest BCUT2D eigenvalue weighted by molar-refractivity contribution is 5.52. The van der Waals surface area contributed by atoms with Gasteiger partial charge in [0.05, 0.1) is 43.3 Å². The molecule has 162 valence electrons. The van der Waals surface area contributed by atoms with Crippen LogP contribution in [-0.4, -0.2) is 67.7 Å². The van der Waals surface area contributed by atoms with Crippen LogP contribution >= 0.6 is 0 Å². The van der Waals surface area contributed by atoms with Gasteiger partial charge in [0.1, 0.15) is 5.82 Å². The maximum atomic E-state index is 6.16. The molecule has 29 heavy (non-hydrogen) atoms. The third-order valence-electron chi connectivity index (χ3n) is 5.89. The summed E-state index contributed by atoms with van der Waals surface area (Å²) in [5, 5.41) is 3.57. The van der Waals surface area contributed by atoms with Crippen molar-refractivity contribution in [1.82, 2.24) is 9.97 Å². The molecule has 0 bridgehead atoms. The van der Waals surface area contributed by atoms with Gasteiger partial charge in [-0.2, -0.15) is 4.98 Å². The Morgan fingerprint density at radius 1 is 1.24 bits per heavy atom. The average molecular weight is 405 g/mol. The van der Waals surface area contributed by atoms with Gasteiger partial charge in [-0.25, -0.2) is 4.98 Å². The summed E-state index contributed by atoms with van der Waals surface area (Å²) >= 11 is 0. The minimum atomic E-state index is -0.239. The maximum Gasteiger partial charge on any atom is 0.227 e. The highest BCUT2D eigenvalue weighted by atomic mass is 16.6. The van der Waals surface area contributed by atoms with E-state index in [4.69, 9.17) is 24.2 Å². The van der Waals surface area contributed by atoms with Gasteiger partial charge in [0, 0.05) is 25.7 Å². The standard InChI is InChI=1S/C22H36N4O3/c1-15-5-8-19-18(11-15)20(23-12-17-13-27-14-22(2,3)29-17)25-21(24-19)26(4)9-10-28-16-6-7-16/h15-17H,5-14H2,1-4H3,(H,23,24,25). The Morgan fingerprint density at radius 2 is 2.07 bits per heavy atom. The van der Waals surface area contributed by atoms with E-state index in [1.165, 1.54) is 30.5 Å². The average Bonchev–Trinajstić information content (AvgIpc) is 3.49. The van der Waals surface area contributed by atoms with E-state index in [1.54, 1.807) is 0 Å². The van der Waals surface area contributed by atoms with Gasteiger partial charge in [-0.15, -0.1) is 0 Å². The van der Waals surface area contributed by atoms with Crippen molar-refractivity contribution in [2.45, 2.75) is 70.7 Å². The van der Waals surface area contributed by atoms with Crippen LogP contribution in [0.4, 0.5) is 11.8 Å². The van der Waals surface area contributed by atoms with E-state index in [2.05, 4.69) is 31.0 Å². The fraction of sp³-hybridized carbons (Fsp3) is 0.818. The van der Waals surface area contributed by atoms with E-state index in [0.717, 1.165) is 37.8 Å². The second-order valence-corrected chi connectivity index (χ2v) is 9.53. The molecule has 2 aliphatic carbocycles. The summed E-state index contributed by atoms with van der Waals surface area (Å²) in [6.07, 6.45) is 6.14. The molecule has 1 aromatic heterocycles. The van der Waals surface area contributed by atoms with E-state index in [-0.39, 0.29) is 11.7 Å². The largest absolute Gasteiger partial charge is 0.376 e. The molecule has 7 heteroatoms. The van der Waals surface area contributed by atoms with Crippen LogP contribution in [0, 0.1) is 5.92 Å². The molecule has 1 aliphatic heterocycles. The van der Waals surface area contributed by atoms with Crippen molar-refractivity contribution in [3.8, 4) is 0 Å². The van der Waals surface area contributed by atoms with Crippen LogP contribution in [0.5, 0.6) is 0 Å². The van der Waals surface area contributed by atoms with E-state index in [0.29, 0.717) is 31.8 Å². The highest BCUT2D eigenvalue weighted by Crippen LogP contribution is 2.31. The molecule has 1 aromatic rings. The molecule has 0 amide bonds. The third kappa shape index (κ3) is 5.58. The second kappa shape index (κ2) is 8.74. The Bertz CT molecular complexity index is 708. The van der Waals surface area contributed by atoms with Crippen molar-refractivity contribution >= 4 is 11.8 Å². The van der Waals surface area contributed by atoms with Crippen molar-refractivity contribution in [3.05, 3.63) is 11.3 Å². The number of hydrogen-bond acceptors (Lipinski definition) is 7. The Balaban J connectivity index is 1.46. The van der Waals surface area contributed by atoms with Crippen molar-refractivity contribution in [2.24, 2.45) is 5.92 Å². The minimum Gasteiger partial charge on any atom is -0.376 e. The molecule has 7 nitrogen and oxygen atoms in total. The van der Waals surface area contributed by atoms with Crippen molar-refractivity contribution in [3.63, 3.8) is 0 Å². The molecule has 0 spiro atoms. The number of nitrogens with one attached hydrogen (secondary N) is 1. The molecule has 1 N–H and O–H groups in total. The molecule has 2 fully saturated rings. The molecule has 2 atom stereocenters. The predicted molar refractivity (Wildman–Crippen MR) is 114 cm³/mol. The van der Waals surface area contributed by atoms with E-state index in [1.807, 2.05) is 7.05 Å². The normalized spacial score (nSPS) is 26.1. The SMILES string of the molecule is CC1CCc2nc(N(C)CCOC3CC3)nc(NCC3COCC(C)(C)O3)c2C1. The summed E-state index contributed by atoms with van der Waals surface area (Å²) in [5.41, 5.74) is 2.22. The zero-order chi connectivity index (χ0) is 20.4. The van der Waals surface area contributed by atoms with E-state index >= 15 is 0 Å². The lowest BCUT2D eigenvalue weighted by molar-refractivity contribution is -0.177. The van der Waals surface area contributed by atoms with Crippen LogP contribution in [-0.2, 0) is 27.1 Å². The molecule has 1 saturated heterocycles. The van der Waals surface area contributed by atoms with Crippen LogP contribution in [0.25, 0.3) is 0 Å². The Hall–Kier alpha value is -1.44. The van der Waals surface area contributed by atoms with Gasteiger partial charge >= 0.3 is 0 Å². The lowest BCUT2D eigenvalue weighted by Crippen LogP contribution is -2.46. The molecule has 2 unspecified atom stereocenters. The summed E-state index contributed by atoms with van der Waals surface area (Å²) in [7, 11) is 2.05. The van der Waals surface area contributed by atoms with Crippen LogP contribution in [0.1, 0.15) is 51.3 Å². The first-order valence-corrected chi connectivity index (χ1v) is 11.1. The molecule has 0 radical (unpaired) electrons. The monoisotopic (exact) mass is 404 g/mol. The van der Waals surface area contributed by atoms with Gasteiger partial charge in [0.25, 0.3) is 0 Å². The zero-order valence-electron chi connectivity index (χ0n) is 18.4. The molecular formula is C22H36N4O3. The number of fused-ring (bicyclic) bond motifs is 1. The van der Waals surface area contributed by atoms with Gasteiger partial charge < -0.3 is 24.4 Å². The highest BCUT2D eigenvalue weighted by Gasteiger charge is 2.30. The second-order valence-electron chi connectivity index (χ2n) is 9.53. The Kier molecular flexibility index (Phi) is 6.27. The Morgan fingerprint density at radius 3 is 2.83 bits per heavy atom. The quantitative estimate of drug-likeness (QED) is 0.714. The summed E-state index contributed by atoms with van der Waals surface area (Å²) in [5.74, 6) is 2.40. The predicted octanol–water partition coefficient (Wildman–Crippen LogP) is 2.82. The smallest absolute Gasteiger partial charge is 0.227 e. The van der Waals surface area contributed by atoms with Gasteiger partial charge in [0.2, 0.25) is 5.95 Å². The summed E-state index contributed by atoms with van der Waals surface area (Å²) in [6, 6.07) is 0. The first-order chi connectivity index (χ1) is 13.9. The molecule has 1 saturated carbocycles. The number of anilines is 2. The molecule has 3 aliphatic rings. The number of ether oxygens (including phenoxy) is 3. The summed E-state index contributed by atoms with van der Waals surface area (Å²) in [6.45, 7) is 9.93. The first-order valence-electron chi connectivity index (χ1n) is 11.1. The van der Waals surface area contributed by atoms with Gasteiger partial charge in [-0.3, -0.25) is 0 Å². The topological polar surface area (TPSA) is 68.7 Å². The third-order valence-corrected chi connectivity index (χ3v) is 5.89. The summed E-state index contributed by atoms with van der Waals surface area (Å²) < 4.78 is 17.7. The number of aromatic nitrogens is 2. The number of aryl methyl sites for hydroxylation is 1. The fourth-order valence-electron chi connectivity index (χ4n) is 4.05. The molecule has 2 heterocycles. The lowest BCUT2D eigenvalue weighted by atomic mass is 9.88. The van der Waals surface area contributed by atoms with Crippen LogP contribution in [0.2, 0.25) is 0 Å². The number of rotatable bonds is 8. The fourth-order valence-corrected chi connectivity index (χ4v) is 4.05. The van der Waals surface area contributed by atoms with Gasteiger partial charge in [0.15, 0.2) is 0 Å². The van der Waals surface area contributed by atoms with Crippen LogP contribution in [0.15, 0.2) is 0 Å². The number of likely N-dealkylation sites (N-methyl/N-ethyl adjacent to an activating group) is 1. The number of hydrogen-bond donors (Lipinski definition) is 1. The number of nitrogens with zero attached hydrogens (tertiary/aromatic N) is 3. The van der Waals surface area contributed by atoms with Crippen molar-refractivity contribution < 1.29 is 14.2 Å². The Labute approximate surface area is 174 Å². The minimum absolute atomic E-state index is 0.0264. The van der Waals surface area contributed by atoms with Gasteiger partial charge in [-0.1, -0.05) is 6.92 Å². The van der Waals surface area contributed by atoms with Gasteiger partial charge in [-0.05, 0) is 51.9 Å². The zero-order valence-corrected chi connectivity index (χ0v) is 18.4. The van der Waals surface area contributed by atoms with Crippen LogP contribution < -0.4 is 10.2 Å². The maximum absolute atomic E-state index is 6.16. The molecule has 0 aromatic carbocycles. The van der Waals surface area contributed by atoms with Crippen LogP contribution in [0.3, 0.4) is 0 Å².